The molecule has 232 valence electrons. The maximum Gasteiger partial charge on any atom is 0.164 e. The van der Waals surface area contributed by atoms with E-state index in [1.54, 1.807) is 0 Å². The number of rotatable bonds is 4. The minimum atomic E-state index is 0.605. The molecule has 0 radical (unpaired) electrons. The lowest BCUT2D eigenvalue weighted by atomic mass is 10.0. The fourth-order valence-corrected chi connectivity index (χ4v) is 7.76. The van der Waals surface area contributed by atoms with Crippen molar-refractivity contribution in [3.63, 3.8) is 0 Å². The molecule has 0 fully saturated rings. The van der Waals surface area contributed by atoms with Gasteiger partial charge in [-0.25, -0.2) is 15.0 Å². The number of fused-ring (bicyclic) bond motifs is 10. The molecule has 0 saturated heterocycles. The second-order valence-electron chi connectivity index (χ2n) is 12.8. The fraction of sp³-hybridized carbons (Fsp3) is 0. The second-order valence-corrected chi connectivity index (χ2v) is 12.8. The van der Waals surface area contributed by atoms with Gasteiger partial charge in [0.05, 0.1) is 21.9 Å². The zero-order chi connectivity index (χ0) is 32.8. The zero-order valence-electron chi connectivity index (χ0n) is 26.7. The molecule has 0 unspecified atom stereocenters. The van der Waals surface area contributed by atoms with Crippen LogP contribution < -0.4 is 0 Å². The highest BCUT2D eigenvalue weighted by atomic mass is 16.3. The van der Waals surface area contributed by atoms with E-state index >= 15 is 0 Å². The molecule has 0 aliphatic heterocycles. The lowest BCUT2D eigenvalue weighted by Crippen LogP contribution is -2.00. The van der Waals surface area contributed by atoms with Crippen LogP contribution in [0.3, 0.4) is 0 Å². The Labute approximate surface area is 286 Å². The minimum Gasteiger partial charge on any atom is -0.455 e. The Morgan fingerprint density at radius 3 is 1.70 bits per heavy atom. The maximum absolute atomic E-state index is 6.83. The molecular weight excluding hydrogens is 613 g/mol. The standard InChI is InChI=1S/C45H26N4O/c1-3-12-27(13-4-1)28-22-24-30(25-23-28)44-46-43(29-14-5-2-6-15-29)47-45(48-44)33-18-11-21-38-39(33)35-26-34-31-16-7-9-19-36(31)49-37-20-10-8-17-32(37)40(41(34)49)42(35)50-38/h1-26H. The van der Waals surface area contributed by atoms with Crippen LogP contribution in [0.1, 0.15) is 0 Å². The summed E-state index contributed by atoms with van der Waals surface area (Å²) in [6.45, 7) is 0. The highest BCUT2D eigenvalue weighted by Gasteiger charge is 2.24. The van der Waals surface area contributed by atoms with Crippen molar-refractivity contribution in [3.05, 3.63) is 158 Å². The third-order valence-corrected chi connectivity index (χ3v) is 9.99. The van der Waals surface area contributed by atoms with E-state index in [9.17, 15) is 0 Å². The molecule has 0 atom stereocenters. The van der Waals surface area contributed by atoms with Crippen LogP contribution in [-0.4, -0.2) is 19.4 Å². The van der Waals surface area contributed by atoms with E-state index < -0.39 is 0 Å². The molecule has 50 heavy (non-hydrogen) atoms. The van der Waals surface area contributed by atoms with Crippen molar-refractivity contribution in [1.29, 1.82) is 0 Å². The van der Waals surface area contributed by atoms with Crippen molar-refractivity contribution in [2.45, 2.75) is 0 Å². The van der Waals surface area contributed by atoms with E-state index in [1.165, 1.54) is 38.3 Å². The number of benzene rings is 7. The molecule has 11 rings (SSSR count). The number of hydrogen-bond donors (Lipinski definition) is 0. The molecule has 5 heteroatoms. The van der Waals surface area contributed by atoms with E-state index in [0.29, 0.717) is 17.5 Å². The normalized spacial score (nSPS) is 12.0. The summed E-state index contributed by atoms with van der Waals surface area (Å²) in [5.74, 6) is 1.85. The van der Waals surface area contributed by atoms with Gasteiger partial charge in [0.2, 0.25) is 0 Å². The molecule has 0 bridgehead atoms. The third kappa shape index (κ3) is 3.86. The van der Waals surface area contributed by atoms with Gasteiger partial charge in [-0.15, -0.1) is 0 Å². The molecule has 0 saturated carbocycles. The average Bonchev–Trinajstić information content (AvgIpc) is 3.85. The van der Waals surface area contributed by atoms with Crippen molar-refractivity contribution >= 4 is 60.0 Å². The van der Waals surface area contributed by atoms with Crippen LogP contribution in [0.5, 0.6) is 0 Å². The summed E-state index contributed by atoms with van der Waals surface area (Å²) in [6, 6.07) is 54.7. The van der Waals surface area contributed by atoms with Crippen molar-refractivity contribution in [2.75, 3.05) is 0 Å². The number of hydrogen-bond acceptors (Lipinski definition) is 4. The molecule has 0 spiro atoms. The molecule has 11 aromatic rings. The summed E-state index contributed by atoms with van der Waals surface area (Å²) in [5.41, 5.74) is 10.3. The summed E-state index contributed by atoms with van der Waals surface area (Å²) >= 11 is 0. The first-order chi connectivity index (χ1) is 24.8. The largest absolute Gasteiger partial charge is 0.455 e. The molecule has 4 aromatic heterocycles. The first-order valence-electron chi connectivity index (χ1n) is 16.8. The van der Waals surface area contributed by atoms with Crippen molar-refractivity contribution in [3.8, 4) is 45.3 Å². The zero-order valence-corrected chi connectivity index (χ0v) is 26.7. The Bertz CT molecular complexity index is 3070. The Hall–Kier alpha value is -6.85. The van der Waals surface area contributed by atoms with Gasteiger partial charge in [0.1, 0.15) is 11.2 Å². The van der Waals surface area contributed by atoms with Crippen LogP contribution in [0.4, 0.5) is 0 Å². The predicted molar refractivity (Wildman–Crippen MR) is 204 cm³/mol. The smallest absolute Gasteiger partial charge is 0.164 e. The highest BCUT2D eigenvalue weighted by molar-refractivity contribution is 6.33. The maximum atomic E-state index is 6.83. The summed E-state index contributed by atoms with van der Waals surface area (Å²) in [4.78, 5) is 15.3. The summed E-state index contributed by atoms with van der Waals surface area (Å²) in [5, 5.41) is 6.78. The molecule has 0 aliphatic rings. The summed E-state index contributed by atoms with van der Waals surface area (Å²) in [7, 11) is 0. The quantitative estimate of drug-likeness (QED) is 0.192. The van der Waals surface area contributed by atoms with Gasteiger partial charge in [0.15, 0.2) is 17.5 Å². The Morgan fingerprint density at radius 2 is 0.960 bits per heavy atom. The molecule has 0 aliphatic carbocycles. The van der Waals surface area contributed by atoms with Crippen LogP contribution in [0.15, 0.2) is 162 Å². The number of nitrogens with zero attached hydrogens (tertiary/aromatic N) is 4. The molecule has 0 N–H and O–H groups in total. The van der Waals surface area contributed by atoms with Gasteiger partial charge >= 0.3 is 0 Å². The first-order valence-corrected chi connectivity index (χ1v) is 16.8. The first kappa shape index (κ1) is 27.1. The molecule has 4 heterocycles. The van der Waals surface area contributed by atoms with Crippen LogP contribution >= 0.6 is 0 Å². The lowest BCUT2D eigenvalue weighted by Gasteiger charge is -2.10. The van der Waals surface area contributed by atoms with E-state index in [2.05, 4.69) is 114 Å². The van der Waals surface area contributed by atoms with E-state index in [1.807, 2.05) is 48.5 Å². The van der Waals surface area contributed by atoms with Crippen LogP contribution in [-0.2, 0) is 0 Å². The summed E-state index contributed by atoms with van der Waals surface area (Å²) < 4.78 is 9.22. The third-order valence-electron chi connectivity index (χ3n) is 9.99. The van der Waals surface area contributed by atoms with Gasteiger partial charge in [0, 0.05) is 43.6 Å². The number of aromatic nitrogens is 4. The predicted octanol–water partition coefficient (Wildman–Crippen LogP) is 11.6. The van der Waals surface area contributed by atoms with Crippen LogP contribution in [0.2, 0.25) is 0 Å². The molecular formula is C45H26N4O. The summed E-state index contributed by atoms with van der Waals surface area (Å²) in [6.07, 6.45) is 0. The Kier molecular flexibility index (Phi) is 5.60. The van der Waals surface area contributed by atoms with Gasteiger partial charge < -0.3 is 8.82 Å². The Morgan fingerprint density at radius 1 is 0.400 bits per heavy atom. The molecule has 0 amide bonds. The highest BCUT2D eigenvalue weighted by Crippen LogP contribution is 2.47. The van der Waals surface area contributed by atoms with Crippen molar-refractivity contribution < 1.29 is 4.42 Å². The van der Waals surface area contributed by atoms with Crippen LogP contribution in [0.25, 0.3) is 105 Å². The van der Waals surface area contributed by atoms with E-state index in [4.69, 9.17) is 19.4 Å². The van der Waals surface area contributed by atoms with Gasteiger partial charge in [-0.1, -0.05) is 133 Å². The van der Waals surface area contributed by atoms with Crippen molar-refractivity contribution in [2.24, 2.45) is 0 Å². The number of para-hydroxylation sites is 2. The SMILES string of the molecule is c1ccc(-c2ccc(-c3nc(-c4ccccc4)nc(-c4cccc5oc6c(cc7c8ccccc8n8c9ccccc9c6c78)c45)n3)cc2)cc1. The van der Waals surface area contributed by atoms with E-state index in [0.717, 1.165) is 49.6 Å². The minimum absolute atomic E-state index is 0.605. The molecule has 7 aromatic carbocycles. The topological polar surface area (TPSA) is 56.2 Å². The van der Waals surface area contributed by atoms with Gasteiger partial charge in [-0.3, -0.25) is 0 Å². The monoisotopic (exact) mass is 638 g/mol. The van der Waals surface area contributed by atoms with Crippen molar-refractivity contribution in [1.82, 2.24) is 19.4 Å². The van der Waals surface area contributed by atoms with Crippen LogP contribution in [0, 0.1) is 0 Å². The van der Waals surface area contributed by atoms with Gasteiger partial charge in [-0.2, -0.15) is 0 Å². The molecule has 5 nitrogen and oxygen atoms in total. The average molecular weight is 639 g/mol. The van der Waals surface area contributed by atoms with Gasteiger partial charge in [-0.05, 0) is 35.4 Å². The number of furan rings is 1. The van der Waals surface area contributed by atoms with Gasteiger partial charge in [0.25, 0.3) is 0 Å². The van der Waals surface area contributed by atoms with E-state index in [-0.39, 0.29) is 0 Å². The lowest BCUT2D eigenvalue weighted by molar-refractivity contribution is 0.673. The Balaban J connectivity index is 1.19. The second kappa shape index (κ2) is 10.3. The fourth-order valence-electron chi connectivity index (χ4n) is 7.76.